The fourth-order valence-electron chi connectivity index (χ4n) is 2.66. The molecule has 1 aliphatic heterocycles. The highest BCUT2D eigenvalue weighted by atomic mass is 16.5. The number of nitrogens with zero attached hydrogens (tertiary/aromatic N) is 4. The fraction of sp³-hybridized carbons (Fsp3) is 0.471. The van der Waals surface area contributed by atoms with Crippen molar-refractivity contribution in [3.63, 3.8) is 0 Å². The number of nitrogens with one attached hydrogen (secondary N) is 2. The van der Waals surface area contributed by atoms with Gasteiger partial charge in [0.1, 0.15) is 0 Å². The number of aromatic nitrogens is 3. The summed E-state index contributed by atoms with van der Waals surface area (Å²) in [6.45, 7) is 5.73. The molecule has 0 radical (unpaired) electrons. The van der Waals surface area contributed by atoms with E-state index in [0.717, 1.165) is 45.0 Å². The monoisotopic (exact) mass is 344 g/mol. The van der Waals surface area contributed by atoms with Crippen LogP contribution in [0.2, 0.25) is 0 Å². The van der Waals surface area contributed by atoms with Gasteiger partial charge >= 0.3 is 6.03 Å². The molecule has 8 nitrogen and oxygen atoms in total. The van der Waals surface area contributed by atoms with Gasteiger partial charge in [0.15, 0.2) is 5.82 Å². The van der Waals surface area contributed by atoms with Gasteiger partial charge in [0.2, 0.25) is 0 Å². The quantitative estimate of drug-likeness (QED) is 0.737. The number of morpholine rings is 1. The van der Waals surface area contributed by atoms with Crippen LogP contribution in [-0.2, 0) is 11.3 Å². The highest BCUT2D eigenvalue weighted by Gasteiger charge is 2.10. The van der Waals surface area contributed by atoms with Crippen molar-refractivity contribution in [1.29, 1.82) is 0 Å². The predicted octanol–water partition coefficient (Wildman–Crippen LogP) is 1.17. The van der Waals surface area contributed by atoms with Gasteiger partial charge in [-0.1, -0.05) is 6.07 Å². The molecule has 1 aliphatic rings. The van der Waals surface area contributed by atoms with Crippen molar-refractivity contribution < 1.29 is 9.53 Å². The molecule has 1 saturated heterocycles. The lowest BCUT2D eigenvalue weighted by Crippen LogP contribution is -2.38. The minimum Gasteiger partial charge on any atom is -0.379 e. The molecule has 3 rings (SSSR count). The molecule has 8 heteroatoms. The zero-order chi connectivity index (χ0) is 17.3. The standard InChI is InChI=1S/C17H24N6O2/c24-17(19-7-3-8-22-10-12-25-13-11-22)20-16-5-9-23(21-16)14-15-4-1-2-6-18-15/h1-2,4-6,9H,3,7-8,10-14H2,(H2,19,20,21,24). The molecule has 1 fully saturated rings. The number of rotatable bonds is 7. The predicted molar refractivity (Wildman–Crippen MR) is 94.5 cm³/mol. The summed E-state index contributed by atoms with van der Waals surface area (Å²) in [7, 11) is 0. The van der Waals surface area contributed by atoms with Crippen LogP contribution in [0, 0.1) is 0 Å². The van der Waals surface area contributed by atoms with Crippen molar-refractivity contribution in [2.75, 3.05) is 44.7 Å². The second kappa shape index (κ2) is 9.14. The number of amides is 2. The molecule has 0 aromatic carbocycles. The number of hydrogen-bond donors (Lipinski definition) is 2. The fourth-order valence-corrected chi connectivity index (χ4v) is 2.66. The molecule has 25 heavy (non-hydrogen) atoms. The number of anilines is 1. The summed E-state index contributed by atoms with van der Waals surface area (Å²) in [5.74, 6) is 0.529. The minimum atomic E-state index is -0.231. The molecule has 0 atom stereocenters. The number of ether oxygens (including phenoxy) is 1. The highest BCUT2D eigenvalue weighted by Crippen LogP contribution is 2.04. The van der Waals surface area contributed by atoms with E-state index in [0.29, 0.717) is 18.9 Å². The van der Waals surface area contributed by atoms with Gasteiger partial charge in [-0.15, -0.1) is 0 Å². The van der Waals surface area contributed by atoms with Gasteiger partial charge in [0.05, 0.1) is 25.5 Å². The third-order valence-corrected chi connectivity index (χ3v) is 3.97. The Labute approximate surface area is 147 Å². The van der Waals surface area contributed by atoms with E-state index in [1.54, 1.807) is 16.9 Å². The topological polar surface area (TPSA) is 84.3 Å². The maximum absolute atomic E-state index is 11.9. The average molecular weight is 344 g/mol. The lowest BCUT2D eigenvalue weighted by Gasteiger charge is -2.26. The van der Waals surface area contributed by atoms with E-state index in [-0.39, 0.29) is 6.03 Å². The summed E-state index contributed by atoms with van der Waals surface area (Å²) in [4.78, 5) is 18.5. The second-order valence-electron chi connectivity index (χ2n) is 5.91. The maximum atomic E-state index is 11.9. The Bertz CT molecular complexity index is 654. The van der Waals surface area contributed by atoms with Gasteiger partial charge in [-0.2, -0.15) is 5.10 Å². The zero-order valence-electron chi connectivity index (χ0n) is 14.2. The molecule has 134 valence electrons. The van der Waals surface area contributed by atoms with Crippen LogP contribution in [0.15, 0.2) is 36.7 Å². The second-order valence-corrected chi connectivity index (χ2v) is 5.91. The zero-order valence-corrected chi connectivity index (χ0v) is 14.2. The van der Waals surface area contributed by atoms with Crippen LogP contribution in [0.1, 0.15) is 12.1 Å². The number of hydrogen-bond acceptors (Lipinski definition) is 5. The van der Waals surface area contributed by atoms with Crippen molar-refractivity contribution in [3.8, 4) is 0 Å². The first-order valence-corrected chi connectivity index (χ1v) is 8.58. The maximum Gasteiger partial charge on any atom is 0.320 e. The summed E-state index contributed by atoms with van der Waals surface area (Å²) in [5.41, 5.74) is 0.921. The Morgan fingerprint density at radius 1 is 1.24 bits per heavy atom. The van der Waals surface area contributed by atoms with Gasteiger partial charge < -0.3 is 10.1 Å². The Hall–Kier alpha value is -2.45. The SMILES string of the molecule is O=C(NCCCN1CCOCC1)Nc1ccn(Cc2ccccn2)n1. The van der Waals surface area contributed by atoms with Crippen molar-refractivity contribution in [2.24, 2.45) is 0 Å². The van der Waals surface area contributed by atoms with E-state index in [1.807, 2.05) is 24.4 Å². The third kappa shape index (κ3) is 5.84. The molecular formula is C17H24N6O2. The molecule has 2 aromatic rings. The number of carbonyl (C=O) groups is 1. The molecular weight excluding hydrogens is 320 g/mol. The summed E-state index contributed by atoms with van der Waals surface area (Å²) < 4.78 is 7.06. The molecule has 3 heterocycles. The van der Waals surface area contributed by atoms with Crippen LogP contribution < -0.4 is 10.6 Å². The van der Waals surface area contributed by atoms with Gasteiger partial charge in [-0.3, -0.25) is 19.9 Å². The highest BCUT2D eigenvalue weighted by molar-refractivity contribution is 5.88. The van der Waals surface area contributed by atoms with Crippen LogP contribution in [0.3, 0.4) is 0 Å². The van der Waals surface area contributed by atoms with E-state index >= 15 is 0 Å². The van der Waals surface area contributed by atoms with Crippen LogP contribution >= 0.6 is 0 Å². The van der Waals surface area contributed by atoms with Gasteiger partial charge in [-0.25, -0.2) is 4.79 Å². The van der Waals surface area contributed by atoms with E-state index in [4.69, 9.17) is 4.74 Å². The molecule has 0 aliphatic carbocycles. The van der Waals surface area contributed by atoms with Gasteiger partial charge in [-0.05, 0) is 25.1 Å². The first kappa shape index (κ1) is 17.4. The summed E-state index contributed by atoms with van der Waals surface area (Å²) in [6, 6.07) is 7.30. The lowest BCUT2D eigenvalue weighted by molar-refractivity contribution is 0.0375. The van der Waals surface area contributed by atoms with Crippen LogP contribution in [0.25, 0.3) is 0 Å². The Morgan fingerprint density at radius 2 is 2.12 bits per heavy atom. The molecule has 0 bridgehead atoms. The Balaban J connectivity index is 1.35. The summed E-state index contributed by atoms with van der Waals surface area (Å²) in [5, 5.41) is 9.94. The smallest absolute Gasteiger partial charge is 0.320 e. The van der Waals surface area contributed by atoms with Crippen LogP contribution in [-0.4, -0.2) is 65.1 Å². The Morgan fingerprint density at radius 3 is 2.92 bits per heavy atom. The van der Waals surface area contributed by atoms with E-state index in [2.05, 4.69) is 25.6 Å². The first-order valence-electron chi connectivity index (χ1n) is 8.58. The lowest BCUT2D eigenvalue weighted by atomic mass is 10.3. The number of carbonyl (C=O) groups excluding carboxylic acids is 1. The average Bonchev–Trinajstić information content (AvgIpc) is 3.07. The molecule has 2 N–H and O–H groups in total. The minimum absolute atomic E-state index is 0.231. The molecule has 0 unspecified atom stereocenters. The Kier molecular flexibility index (Phi) is 6.35. The number of urea groups is 1. The van der Waals surface area contributed by atoms with E-state index < -0.39 is 0 Å². The van der Waals surface area contributed by atoms with Crippen molar-refractivity contribution >= 4 is 11.8 Å². The van der Waals surface area contributed by atoms with Gasteiger partial charge in [0.25, 0.3) is 0 Å². The van der Waals surface area contributed by atoms with E-state index in [9.17, 15) is 4.79 Å². The molecule has 0 saturated carbocycles. The van der Waals surface area contributed by atoms with Crippen molar-refractivity contribution in [1.82, 2.24) is 25.0 Å². The van der Waals surface area contributed by atoms with Crippen LogP contribution in [0.5, 0.6) is 0 Å². The van der Waals surface area contributed by atoms with Crippen molar-refractivity contribution in [3.05, 3.63) is 42.4 Å². The van der Waals surface area contributed by atoms with Gasteiger partial charge in [0, 0.05) is 38.1 Å². The normalized spacial score (nSPS) is 15.0. The number of pyridine rings is 1. The first-order chi connectivity index (χ1) is 12.3. The molecule has 2 aromatic heterocycles. The molecule has 0 spiro atoms. The van der Waals surface area contributed by atoms with E-state index in [1.165, 1.54) is 0 Å². The third-order valence-electron chi connectivity index (χ3n) is 3.97. The van der Waals surface area contributed by atoms with Crippen LogP contribution in [0.4, 0.5) is 10.6 Å². The summed E-state index contributed by atoms with van der Waals surface area (Å²) in [6.07, 6.45) is 4.49. The molecule has 2 amide bonds. The largest absolute Gasteiger partial charge is 0.379 e. The van der Waals surface area contributed by atoms with Crippen molar-refractivity contribution in [2.45, 2.75) is 13.0 Å². The summed E-state index contributed by atoms with van der Waals surface area (Å²) >= 11 is 0.